The minimum atomic E-state index is -0.647. The fourth-order valence-corrected chi connectivity index (χ4v) is 1.75. The summed E-state index contributed by atoms with van der Waals surface area (Å²) in [5.41, 5.74) is -0.152. The number of ether oxygens (including phenoxy) is 3. The van der Waals surface area contributed by atoms with Gasteiger partial charge in [0.05, 0.1) is 19.8 Å². The SMILES string of the molecule is COc1cccc(OC)c1Oc1cccc(F)c1C=O. The highest BCUT2D eigenvalue weighted by Crippen LogP contribution is 2.40. The molecule has 2 rings (SSSR count). The summed E-state index contributed by atoms with van der Waals surface area (Å²) in [5.74, 6) is 0.580. The molecule has 20 heavy (non-hydrogen) atoms. The van der Waals surface area contributed by atoms with Crippen LogP contribution in [0.4, 0.5) is 4.39 Å². The van der Waals surface area contributed by atoms with Crippen molar-refractivity contribution in [1.29, 1.82) is 0 Å². The van der Waals surface area contributed by atoms with Crippen molar-refractivity contribution in [2.45, 2.75) is 0 Å². The van der Waals surface area contributed by atoms with Crippen LogP contribution in [0.3, 0.4) is 0 Å². The fourth-order valence-electron chi connectivity index (χ4n) is 1.75. The number of hydrogen-bond donors (Lipinski definition) is 0. The lowest BCUT2D eigenvalue weighted by molar-refractivity contribution is 0.111. The van der Waals surface area contributed by atoms with Gasteiger partial charge in [0.2, 0.25) is 5.75 Å². The van der Waals surface area contributed by atoms with Gasteiger partial charge in [-0.15, -0.1) is 0 Å². The first-order valence-corrected chi connectivity index (χ1v) is 5.83. The molecule has 0 amide bonds. The Kier molecular flexibility index (Phi) is 4.20. The molecule has 0 aromatic heterocycles. The summed E-state index contributed by atoms with van der Waals surface area (Å²) in [4.78, 5) is 11.0. The number of carbonyl (C=O) groups is 1. The van der Waals surface area contributed by atoms with Crippen molar-refractivity contribution in [1.82, 2.24) is 0 Å². The van der Waals surface area contributed by atoms with Gasteiger partial charge in [-0.2, -0.15) is 0 Å². The molecule has 0 radical (unpaired) electrons. The van der Waals surface area contributed by atoms with E-state index in [1.807, 2.05) is 0 Å². The second-order valence-electron chi connectivity index (χ2n) is 3.86. The maximum Gasteiger partial charge on any atom is 0.211 e. The zero-order valence-corrected chi connectivity index (χ0v) is 11.1. The van der Waals surface area contributed by atoms with E-state index in [4.69, 9.17) is 14.2 Å². The third-order valence-electron chi connectivity index (χ3n) is 2.73. The molecule has 0 fully saturated rings. The molecular formula is C15H13FO4. The van der Waals surface area contributed by atoms with Gasteiger partial charge in [-0.05, 0) is 24.3 Å². The molecule has 0 aliphatic rings. The van der Waals surface area contributed by atoms with Crippen LogP contribution < -0.4 is 14.2 Å². The van der Waals surface area contributed by atoms with Crippen LogP contribution in [-0.4, -0.2) is 20.5 Å². The molecule has 0 saturated carbocycles. The third kappa shape index (κ3) is 2.56. The minimum absolute atomic E-state index is 0.0998. The van der Waals surface area contributed by atoms with Crippen molar-refractivity contribution in [3.05, 3.63) is 47.8 Å². The maximum atomic E-state index is 13.5. The van der Waals surface area contributed by atoms with Crippen LogP contribution in [-0.2, 0) is 0 Å². The first-order valence-electron chi connectivity index (χ1n) is 5.83. The molecule has 5 heteroatoms. The van der Waals surface area contributed by atoms with Crippen LogP contribution in [0, 0.1) is 5.82 Å². The van der Waals surface area contributed by atoms with Crippen LogP contribution in [0.2, 0.25) is 0 Å². The number of rotatable bonds is 5. The van der Waals surface area contributed by atoms with Crippen molar-refractivity contribution < 1.29 is 23.4 Å². The van der Waals surface area contributed by atoms with Crippen LogP contribution in [0.5, 0.6) is 23.0 Å². The third-order valence-corrected chi connectivity index (χ3v) is 2.73. The molecule has 0 aliphatic heterocycles. The minimum Gasteiger partial charge on any atom is -0.493 e. The van der Waals surface area contributed by atoms with Gasteiger partial charge in [-0.25, -0.2) is 4.39 Å². The molecule has 0 heterocycles. The number of benzene rings is 2. The number of hydrogen-bond acceptors (Lipinski definition) is 4. The summed E-state index contributed by atoms with van der Waals surface area (Å²) < 4.78 is 29.5. The van der Waals surface area contributed by atoms with E-state index in [-0.39, 0.29) is 17.1 Å². The molecular weight excluding hydrogens is 263 g/mol. The number of carbonyl (C=O) groups excluding carboxylic acids is 1. The van der Waals surface area contributed by atoms with Crippen molar-refractivity contribution in [2.75, 3.05) is 14.2 Å². The Morgan fingerprint density at radius 3 is 2.05 bits per heavy atom. The predicted octanol–water partition coefficient (Wildman–Crippen LogP) is 3.45. The number of halogens is 1. The van der Waals surface area contributed by atoms with E-state index in [0.717, 1.165) is 0 Å². The topological polar surface area (TPSA) is 44.8 Å². The number of aldehydes is 1. The number of methoxy groups -OCH3 is 2. The van der Waals surface area contributed by atoms with Crippen molar-refractivity contribution in [3.8, 4) is 23.0 Å². The Morgan fingerprint density at radius 1 is 0.950 bits per heavy atom. The van der Waals surface area contributed by atoms with Gasteiger partial charge in [0.25, 0.3) is 0 Å². The Hall–Kier alpha value is -2.56. The molecule has 0 bridgehead atoms. The van der Waals surface area contributed by atoms with Gasteiger partial charge in [0, 0.05) is 0 Å². The van der Waals surface area contributed by atoms with Gasteiger partial charge in [0.1, 0.15) is 11.6 Å². The Balaban J connectivity index is 2.49. The van der Waals surface area contributed by atoms with Crippen LogP contribution in [0.1, 0.15) is 10.4 Å². The lowest BCUT2D eigenvalue weighted by Crippen LogP contribution is -1.98. The summed E-state index contributed by atoms with van der Waals surface area (Å²) in [6.45, 7) is 0. The van der Waals surface area contributed by atoms with Crippen LogP contribution in [0.25, 0.3) is 0 Å². The highest BCUT2D eigenvalue weighted by Gasteiger charge is 2.16. The molecule has 0 N–H and O–H groups in total. The Morgan fingerprint density at radius 2 is 1.50 bits per heavy atom. The monoisotopic (exact) mass is 276 g/mol. The van der Waals surface area contributed by atoms with Crippen LogP contribution in [0.15, 0.2) is 36.4 Å². The van der Waals surface area contributed by atoms with E-state index in [1.165, 1.54) is 32.4 Å². The summed E-state index contributed by atoms with van der Waals surface area (Å²) in [6.07, 6.45) is 0.409. The summed E-state index contributed by atoms with van der Waals surface area (Å²) in [7, 11) is 2.96. The quantitative estimate of drug-likeness (QED) is 0.785. The zero-order valence-electron chi connectivity index (χ0n) is 11.1. The van der Waals surface area contributed by atoms with Crippen molar-refractivity contribution in [3.63, 3.8) is 0 Å². The van der Waals surface area contributed by atoms with Crippen LogP contribution >= 0.6 is 0 Å². The van der Waals surface area contributed by atoms with Gasteiger partial charge in [-0.3, -0.25) is 4.79 Å². The highest BCUT2D eigenvalue weighted by molar-refractivity contribution is 5.80. The molecule has 4 nitrogen and oxygen atoms in total. The Labute approximate surface area is 115 Å². The second-order valence-corrected chi connectivity index (χ2v) is 3.86. The van der Waals surface area contributed by atoms with Gasteiger partial charge in [-0.1, -0.05) is 12.1 Å². The standard InChI is InChI=1S/C15H13FO4/c1-18-13-7-4-8-14(19-2)15(13)20-12-6-3-5-11(16)10(12)9-17/h3-9H,1-2H3. The van der Waals surface area contributed by atoms with E-state index in [9.17, 15) is 9.18 Å². The predicted molar refractivity (Wildman–Crippen MR) is 71.4 cm³/mol. The molecule has 0 atom stereocenters. The van der Waals surface area contributed by atoms with E-state index in [1.54, 1.807) is 18.2 Å². The highest BCUT2D eigenvalue weighted by atomic mass is 19.1. The molecule has 0 spiro atoms. The molecule has 0 aliphatic carbocycles. The summed E-state index contributed by atoms with van der Waals surface area (Å²) >= 11 is 0. The molecule has 2 aromatic rings. The van der Waals surface area contributed by atoms with Crippen molar-refractivity contribution in [2.24, 2.45) is 0 Å². The summed E-state index contributed by atoms with van der Waals surface area (Å²) in [6, 6.07) is 9.24. The van der Waals surface area contributed by atoms with Gasteiger partial charge < -0.3 is 14.2 Å². The lowest BCUT2D eigenvalue weighted by Gasteiger charge is -2.14. The maximum absolute atomic E-state index is 13.5. The largest absolute Gasteiger partial charge is 0.493 e. The first kappa shape index (κ1) is 13.9. The molecule has 0 unspecified atom stereocenters. The first-order chi connectivity index (χ1) is 9.71. The normalized spacial score (nSPS) is 9.95. The van der Waals surface area contributed by atoms with E-state index in [2.05, 4.69) is 0 Å². The van der Waals surface area contributed by atoms with Gasteiger partial charge in [0.15, 0.2) is 17.8 Å². The smallest absolute Gasteiger partial charge is 0.211 e. The van der Waals surface area contributed by atoms with Gasteiger partial charge >= 0.3 is 0 Å². The average molecular weight is 276 g/mol. The van der Waals surface area contributed by atoms with E-state index >= 15 is 0 Å². The lowest BCUT2D eigenvalue weighted by atomic mass is 10.2. The van der Waals surface area contributed by atoms with Crippen molar-refractivity contribution >= 4 is 6.29 Å². The molecule has 2 aromatic carbocycles. The van der Waals surface area contributed by atoms with E-state index < -0.39 is 5.82 Å². The second kappa shape index (κ2) is 6.06. The Bertz CT molecular complexity index is 603. The number of para-hydroxylation sites is 1. The molecule has 0 saturated heterocycles. The van der Waals surface area contributed by atoms with E-state index in [0.29, 0.717) is 17.8 Å². The zero-order chi connectivity index (χ0) is 14.5. The average Bonchev–Trinajstić information content (AvgIpc) is 2.47. The summed E-state index contributed by atoms with van der Waals surface area (Å²) in [5, 5.41) is 0. The molecule has 104 valence electrons. The fraction of sp³-hybridized carbons (Fsp3) is 0.133.